The first-order valence-electron chi connectivity index (χ1n) is 21.2. The van der Waals surface area contributed by atoms with Crippen molar-refractivity contribution in [2.45, 2.75) is 202 Å². The minimum absolute atomic E-state index is 0.0554. The van der Waals surface area contributed by atoms with Crippen molar-refractivity contribution in [1.29, 1.82) is 0 Å². The smallest absolute Gasteiger partial charge is 0.220 e. The Balaban J connectivity index is 1.69. The highest BCUT2D eigenvalue weighted by atomic mass is 32.2. The van der Waals surface area contributed by atoms with E-state index in [-0.39, 0.29) is 6.42 Å². The fourth-order valence-corrected chi connectivity index (χ4v) is 8.55. The van der Waals surface area contributed by atoms with Gasteiger partial charge in [0.05, 0.1) is 25.9 Å². The predicted octanol–water partition coefficient (Wildman–Crippen LogP) is -0.855. The van der Waals surface area contributed by atoms with Gasteiger partial charge in [0.1, 0.15) is 67.0 Å². The van der Waals surface area contributed by atoms with Gasteiger partial charge in [-0.1, -0.05) is 96.8 Å². The fourth-order valence-electron chi connectivity index (χ4n) is 7.96. The maximum absolute atomic E-state index is 13.4. The number of hydrogen-bond donors (Lipinski definition) is 9. The minimum atomic E-state index is -5.25. The SMILES string of the molecule is CCCCCCCCCCCCCCCCCC(=O)N[C@@H]1C(O[C@@H]2C(CO)OC(OC)[C@@H](N)C2O)OC(CO)[C@@H](OC2OC(CO)[C@@H](OC)C(O)[C@@H]2NS(=O)(=O)[O-])C1O. The highest BCUT2D eigenvalue weighted by Gasteiger charge is 2.54. The first-order chi connectivity index (χ1) is 28.2. The molecule has 0 aromatic rings. The van der Waals surface area contributed by atoms with Crippen molar-refractivity contribution >= 4 is 16.2 Å². The number of carbonyl (C=O) groups excluding carboxylic acids is 1. The van der Waals surface area contributed by atoms with Crippen LogP contribution in [0.1, 0.15) is 110 Å². The lowest BCUT2D eigenvalue weighted by Gasteiger charge is -2.50. The number of hydrogen-bond acceptors (Lipinski definition) is 18. The van der Waals surface area contributed by atoms with Gasteiger partial charge in [0.15, 0.2) is 29.2 Å². The van der Waals surface area contributed by atoms with E-state index in [4.69, 9.17) is 38.9 Å². The zero-order valence-electron chi connectivity index (χ0n) is 34.8. The van der Waals surface area contributed by atoms with Gasteiger partial charge in [-0.15, -0.1) is 0 Å². The van der Waals surface area contributed by atoms with Crippen LogP contribution in [0, 0.1) is 0 Å². The molecule has 3 aliphatic rings. The third kappa shape index (κ3) is 16.1. The predicted molar refractivity (Wildman–Crippen MR) is 209 cm³/mol. The Labute approximate surface area is 348 Å². The van der Waals surface area contributed by atoms with Crippen LogP contribution < -0.4 is 15.8 Å². The fraction of sp³-hybridized carbons (Fsp3) is 0.974. The topological polar surface area (TPSA) is 310 Å². The van der Waals surface area contributed by atoms with Crippen molar-refractivity contribution < 1.29 is 81.6 Å². The van der Waals surface area contributed by atoms with Crippen LogP contribution >= 0.6 is 0 Å². The molecule has 348 valence electrons. The van der Waals surface area contributed by atoms with Gasteiger partial charge in [-0.2, -0.15) is 0 Å². The Morgan fingerprint density at radius 2 is 1.03 bits per heavy atom. The Hall–Kier alpha value is -1.22. The van der Waals surface area contributed by atoms with Crippen molar-refractivity contribution in [3.05, 3.63) is 0 Å². The highest BCUT2D eigenvalue weighted by molar-refractivity contribution is 7.83. The van der Waals surface area contributed by atoms with E-state index in [1.165, 1.54) is 71.3 Å². The lowest BCUT2D eigenvalue weighted by Crippen LogP contribution is -2.70. The molecule has 1 amide bonds. The molecule has 20 nitrogen and oxygen atoms in total. The second-order valence-corrected chi connectivity index (χ2v) is 16.9. The molecule has 0 aromatic heterocycles. The summed E-state index contributed by atoms with van der Waals surface area (Å²) in [4.78, 5) is 13.4. The van der Waals surface area contributed by atoms with Gasteiger partial charge in [-0.25, -0.2) is 13.1 Å². The molecule has 21 heteroatoms. The number of nitrogens with two attached hydrogens (primary N) is 1. The van der Waals surface area contributed by atoms with E-state index in [1.54, 1.807) is 4.72 Å². The van der Waals surface area contributed by atoms with Crippen molar-refractivity contribution in [3.63, 3.8) is 0 Å². The zero-order chi connectivity index (χ0) is 43.5. The summed E-state index contributed by atoms with van der Waals surface area (Å²) in [5.74, 6) is -0.512. The van der Waals surface area contributed by atoms with Crippen molar-refractivity contribution in [3.8, 4) is 0 Å². The van der Waals surface area contributed by atoms with E-state index in [2.05, 4.69) is 12.2 Å². The van der Waals surface area contributed by atoms with Gasteiger partial charge < -0.3 is 79.4 Å². The minimum Gasteiger partial charge on any atom is -0.735 e. The van der Waals surface area contributed by atoms with Crippen LogP contribution in [0.4, 0.5) is 0 Å². The molecule has 0 bridgehead atoms. The Morgan fingerprint density at radius 3 is 1.47 bits per heavy atom. The van der Waals surface area contributed by atoms with Crippen molar-refractivity contribution in [1.82, 2.24) is 10.0 Å². The molecule has 10 N–H and O–H groups in total. The standard InChI is InChI=1S/C38H73N3O17S/c1-4-5-6-7-8-9-10-11-12-13-14-15-16-17-18-19-26(45)40-28-31(47)35(58-38-29(41-59(49,50)51)32(48)33(52-2)23(20-42)55-38)25(22-44)56-37(28)57-34-24(21-43)54-36(53-3)27(39)30(34)46/h23-25,27-38,41-44,46-48H,4-22,39H2,1-3H3,(H,40,45)(H,49,50,51)/p-1/t23?,24?,25?,27-,28-,29-,30?,31?,32?,33+,34+,35+,36?,37?,38?/m0/s1. The largest absolute Gasteiger partial charge is 0.735 e. The molecular formula is C38H72N3O17S-. The second kappa shape index (κ2) is 27.1. The monoisotopic (exact) mass is 874 g/mol. The number of unbranched alkanes of at least 4 members (excludes halogenated alkanes) is 14. The summed E-state index contributed by atoms with van der Waals surface area (Å²) in [5, 5.41) is 67.1. The Kier molecular flexibility index (Phi) is 23.9. The Morgan fingerprint density at radius 1 is 0.627 bits per heavy atom. The molecule has 0 radical (unpaired) electrons. The average Bonchev–Trinajstić information content (AvgIpc) is 3.20. The maximum Gasteiger partial charge on any atom is 0.220 e. The van der Waals surface area contributed by atoms with Crippen LogP contribution in [0.15, 0.2) is 0 Å². The van der Waals surface area contributed by atoms with Crippen LogP contribution in [0.5, 0.6) is 0 Å². The number of rotatable bonds is 28. The van der Waals surface area contributed by atoms with Gasteiger partial charge in [-0.05, 0) is 6.42 Å². The lowest BCUT2D eigenvalue weighted by molar-refractivity contribution is -0.352. The number of aliphatic hydroxyl groups excluding tert-OH is 6. The summed E-state index contributed by atoms with van der Waals surface area (Å²) in [6, 6.07) is -4.49. The van der Waals surface area contributed by atoms with Crippen LogP contribution in [0.3, 0.4) is 0 Å². The third-order valence-corrected chi connectivity index (χ3v) is 11.9. The molecule has 0 aromatic carbocycles. The molecule has 0 aliphatic carbocycles. The number of nitrogens with one attached hydrogen (secondary N) is 2. The zero-order valence-corrected chi connectivity index (χ0v) is 35.6. The van der Waals surface area contributed by atoms with E-state index in [9.17, 15) is 48.4 Å². The quantitative estimate of drug-likeness (QED) is 0.0341. The van der Waals surface area contributed by atoms with Crippen LogP contribution in [0.25, 0.3) is 0 Å². The molecule has 3 saturated heterocycles. The molecule has 0 saturated carbocycles. The first kappa shape index (κ1) is 52.1. The molecule has 3 rings (SSSR count). The lowest BCUT2D eigenvalue weighted by atomic mass is 9.94. The summed E-state index contributed by atoms with van der Waals surface area (Å²) in [6.45, 7) is -0.0443. The van der Waals surface area contributed by atoms with Crippen molar-refractivity contribution in [2.24, 2.45) is 5.73 Å². The highest BCUT2D eigenvalue weighted by Crippen LogP contribution is 2.33. The molecular weight excluding hydrogens is 802 g/mol. The van der Waals surface area contributed by atoms with E-state index in [0.29, 0.717) is 6.42 Å². The molecule has 3 fully saturated rings. The summed E-state index contributed by atoms with van der Waals surface area (Å²) in [7, 11) is -2.80. The van der Waals surface area contributed by atoms with Gasteiger partial charge >= 0.3 is 0 Å². The molecule has 15 atom stereocenters. The summed E-state index contributed by atoms with van der Waals surface area (Å²) < 4.78 is 76.8. The summed E-state index contributed by atoms with van der Waals surface area (Å²) >= 11 is 0. The van der Waals surface area contributed by atoms with Crippen LogP contribution in [0.2, 0.25) is 0 Å². The van der Waals surface area contributed by atoms with E-state index in [0.717, 1.165) is 32.8 Å². The van der Waals surface area contributed by atoms with Gasteiger partial charge in [0, 0.05) is 20.6 Å². The van der Waals surface area contributed by atoms with E-state index >= 15 is 0 Å². The molecule has 0 spiro atoms. The number of aliphatic hydroxyl groups is 6. The molecule has 9 unspecified atom stereocenters. The van der Waals surface area contributed by atoms with Crippen LogP contribution in [-0.4, -0.2) is 175 Å². The normalized spacial score (nSPS) is 35.5. The second-order valence-electron chi connectivity index (χ2n) is 15.8. The molecule has 3 aliphatic heterocycles. The van der Waals surface area contributed by atoms with Gasteiger partial charge in [0.25, 0.3) is 0 Å². The maximum atomic E-state index is 13.4. The Bertz CT molecular complexity index is 1270. The molecule has 3 heterocycles. The van der Waals surface area contributed by atoms with Gasteiger partial charge in [-0.3, -0.25) is 4.79 Å². The van der Waals surface area contributed by atoms with E-state index < -0.39 is 128 Å². The number of carbonyl (C=O) groups is 1. The van der Waals surface area contributed by atoms with E-state index in [1.807, 2.05) is 0 Å². The van der Waals surface area contributed by atoms with Crippen molar-refractivity contribution in [2.75, 3.05) is 34.0 Å². The number of methoxy groups -OCH3 is 2. The first-order valence-corrected chi connectivity index (χ1v) is 22.6. The molecule has 59 heavy (non-hydrogen) atoms. The third-order valence-electron chi connectivity index (χ3n) is 11.3. The number of ether oxygens (including phenoxy) is 7. The number of amides is 1. The summed E-state index contributed by atoms with van der Waals surface area (Å²) in [5.41, 5.74) is 6.11. The van der Waals surface area contributed by atoms with Gasteiger partial charge in [0.2, 0.25) is 5.91 Å². The van der Waals surface area contributed by atoms with Crippen LogP contribution in [-0.2, 0) is 48.3 Å². The average molecular weight is 875 g/mol. The summed E-state index contributed by atoms with van der Waals surface area (Å²) in [6.07, 6.45) is -0.938.